The number of hydrogen-bond acceptors (Lipinski definition) is 5. The predicted molar refractivity (Wildman–Crippen MR) is 81.4 cm³/mol. The number of hydrogen-bond donors (Lipinski definition) is 2. The number of aliphatic hydroxyl groups is 1. The number of rotatable bonds is 5. The quantitative estimate of drug-likeness (QED) is 0.636. The van der Waals surface area contributed by atoms with Crippen LogP contribution in [0, 0.1) is 0 Å². The fourth-order valence-corrected chi connectivity index (χ4v) is 2.78. The summed E-state index contributed by atoms with van der Waals surface area (Å²) >= 11 is 6.13. The molecular formula is C13H15NO4S2. The van der Waals surface area contributed by atoms with E-state index in [9.17, 15) is 9.59 Å². The van der Waals surface area contributed by atoms with Crippen molar-refractivity contribution in [1.82, 2.24) is 4.31 Å². The van der Waals surface area contributed by atoms with Gasteiger partial charge in [0.2, 0.25) is 5.91 Å². The van der Waals surface area contributed by atoms with Crippen LogP contribution >= 0.6 is 24.2 Å². The van der Waals surface area contributed by atoms with Crippen LogP contribution in [0.15, 0.2) is 30.3 Å². The number of aliphatic hydroxyl groups excluding tert-OH is 1. The van der Waals surface area contributed by atoms with Gasteiger partial charge in [0.15, 0.2) is 0 Å². The lowest BCUT2D eigenvalue weighted by atomic mass is 10.2. The molecule has 0 radical (unpaired) electrons. The summed E-state index contributed by atoms with van der Waals surface area (Å²) in [6.07, 6.45) is -0.0423. The van der Waals surface area contributed by atoms with Crippen LogP contribution in [0.5, 0.6) is 0 Å². The minimum Gasteiger partial charge on any atom is -0.480 e. The van der Waals surface area contributed by atoms with Gasteiger partial charge in [-0.3, -0.25) is 9.10 Å². The molecule has 1 rings (SSSR count). The second-order valence-electron chi connectivity index (χ2n) is 3.96. The van der Waals surface area contributed by atoms with Crippen molar-refractivity contribution in [2.75, 3.05) is 6.61 Å². The summed E-state index contributed by atoms with van der Waals surface area (Å²) in [5.41, 5.74) is 0.742. The van der Waals surface area contributed by atoms with Crippen molar-refractivity contribution < 1.29 is 19.8 Å². The molecule has 0 spiro atoms. The maximum atomic E-state index is 11.6. The van der Waals surface area contributed by atoms with Gasteiger partial charge in [-0.15, -0.1) is 0 Å². The third-order valence-corrected chi connectivity index (χ3v) is 4.04. The van der Waals surface area contributed by atoms with E-state index < -0.39 is 17.9 Å². The molecule has 20 heavy (non-hydrogen) atoms. The molecule has 0 aliphatic carbocycles. The molecule has 7 heteroatoms. The van der Waals surface area contributed by atoms with Crippen molar-refractivity contribution >= 4 is 40.2 Å². The normalized spacial score (nSPS) is 11.7. The molecule has 5 nitrogen and oxygen atoms in total. The van der Waals surface area contributed by atoms with Gasteiger partial charge in [0.1, 0.15) is 6.04 Å². The van der Waals surface area contributed by atoms with E-state index in [1.165, 1.54) is 6.92 Å². The highest BCUT2D eigenvalue weighted by atomic mass is 32.2. The predicted octanol–water partition coefficient (Wildman–Crippen LogP) is 1.69. The number of carbonyl (C=O) groups is 2. The molecule has 0 aliphatic heterocycles. The average Bonchev–Trinajstić information content (AvgIpc) is 2.42. The first-order valence-corrected chi connectivity index (χ1v) is 7.06. The molecule has 1 atom stereocenters. The molecule has 0 bridgehead atoms. The molecule has 1 amide bonds. The third kappa shape index (κ3) is 4.59. The lowest BCUT2D eigenvalue weighted by Crippen LogP contribution is -2.40. The van der Waals surface area contributed by atoms with Crippen LogP contribution in [0.3, 0.4) is 0 Å². The molecule has 0 aromatic heterocycles. The fourth-order valence-electron chi connectivity index (χ4n) is 1.53. The Morgan fingerprint density at radius 2 is 1.95 bits per heavy atom. The molecular weight excluding hydrogens is 298 g/mol. The van der Waals surface area contributed by atoms with Gasteiger partial charge >= 0.3 is 5.97 Å². The SMILES string of the molecule is CC(=O)N(SC(=S)c1ccccc1)[C@@H](CCO)C(=O)O. The molecule has 0 unspecified atom stereocenters. The summed E-state index contributed by atoms with van der Waals surface area (Å²) < 4.78 is 1.50. The molecule has 0 saturated carbocycles. The number of carboxylic acid groups (broad SMARTS) is 1. The molecule has 0 saturated heterocycles. The topological polar surface area (TPSA) is 77.8 Å². The van der Waals surface area contributed by atoms with Gasteiger partial charge in [-0.1, -0.05) is 42.5 Å². The Labute approximate surface area is 126 Å². The highest BCUT2D eigenvalue weighted by Crippen LogP contribution is 2.23. The van der Waals surface area contributed by atoms with Crippen molar-refractivity contribution in [2.24, 2.45) is 0 Å². The maximum absolute atomic E-state index is 11.6. The van der Waals surface area contributed by atoms with Crippen molar-refractivity contribution in [3.8, 4) is 0 Å². The van der Waals surface area contributed by atoms with Gasteiger partial charge in [-0.05, 0) is 0 Å². The summed E-state index contributed by atoms with van der Waals surface area (Å²) in [7, 11) is 0. The molecule has 1 aromatic carbocycles. The Morgan fingerprint density at radius 1 is 1.35 bits per heavy atom. The Hall–Kier alpha value is -1.44. The smallest absolute Gasteiger partial charge is 0.327 e. The molecule has 0 fully saturated rings. The summed E-state index contributed by atoms with van der Waals surface area (Å²) in [6, 6.07) is 7.92. The van der Waals surface area contributed by atoms with Gasteiger partial charge in [0.05, 0.1) is 4.20 Å². The average molecular weight is 313 g/mol. The van der Waals surface area contributed by atoms with Crippen molar-refractivity contribution in [3.05, 3.63) is 35.9 Å². The minimum atomic E-state index is -1.17. The minimum absolute atomic E-state index is 0.0423. The summed E-state index contributed by atoms with van der Waals surface area (Å²) in [4.78, 5) is 22.8. The van der Waals surface area contributed by atoms with Crippen LogP contribution in [0.25, 0.3) is 0 Å². The van der Waals surface area contributed by atoms with Crippen LogP contribution in [0.4, 0.5) is 0 Å². The van der Waals surface area contributed by atoms with Crippen LogP contribution in [-0.4, -0.2) is 43.2 Å². The second kappa shape index (κ2) is 7.98. The number of thiocarbonyl (C=S) groups is 1. The number of benzene rings is 1. The van der Waals surface area contributed by atoms with E-state index in [1.807, 2.05) is 18.2 Å². The highest BCUT2D eigenvalue weighted by molar-refractivity contribution is 8.22. The van der Waals surface area contributed by atoms with Gasteiger partial charge in [-0.25, -0.2) is 4.79 Å². The first-order valence-electron chi connectivity index (χ1n) is 5.88. The van der Waals surface area contributed by atoms with Crippen LogP contribution in [0.2, 0.25) is 0 Å². The van der Waals surface area contributed by atoms with Gasteiger partial charge in [0.25, 0.3) is 0 Å². The fraction of sp³-hybridized carbons (Fsp3) is 0.308. The summed E-state index contributed by atoms with van der Waals surface area (Å²) in [5, 5.41) is 18.1. The molecule has 108 valence electrons. The Bertz CT molecular complexity index is 492. The first kappa shape index (κ1) is 16.6. The van der Waals surface area contributed by atoms with E-state index in [2.05, 4.69) is 0 Å². The maximum Gasteiger partial charge on any atom is 0.327 e. The number of carboxylic acids is 1. The highest BCUT2D eigenvalue weighted by Gasteiger charge is 2.29. The monoisotopic (exact) mass is 313 g/mol. The van der Waals surface area contributed by atoms with E-state index in [4.69, 9.17) is 22.4 Å². The first-order chi connectivity index (χ1) is 9.47. The van der Waals surface area contributed by atoms with E-state index in [1.54, 1.807) is 12.1 Å². The zero-order valence-electron chi connectivity index (χ0n) is 10.9. The standard InChI is InChI=1S/C13H15NO4S2/c1-9(16)14(11(7-8-15)12(17)18)20-13(19)10-5-3-2-4-6-10/h2-6,11,15H,7-8H2,1H3,(H,17,18)/t11-/m0/s1. The number of amides is 1. The van der Waals surface area contributed by atoms with Crippen LogP contribution in [0.1, 0.15) is 18.9 Å². The second-order valence-corrected chi connectivity index (χ2v) is 5.61. The molecule has 2 N–H and O–H groups in total. The largest absolute Gasteiger partial charge is 0.480 e. The number of carbonyl (C=O) groups excluding carboxylic acids is 1. The van der Waals surface area contributed by atoms with Gasteiger partial charge < -0.3 is 10.2 Å². The Kier molecular flexibility index (Phi) is 6.63. The molecule has 0 aliphatic rings. The summed E-state index contributed by atoms with van der Waals surface area (Å²) in [5.74, 6) is -1.59. The lowest BCUT2D eigenvalue weighted by Gasteiger charge is -2.26. The summed E-state index contributed by atoms with van der Waals surface area (Å²) in [6.45, 7) is 0.952. The molecule has 1 aromatic rings. The van der Waals surface area contributed by atoms with Crippen molar-refractivity contribution in [3.63, 3.8) is 0 Å². The lowest BCUT2D eigenvalue weighted by molar-refractivity contribution is -0.145. The number of aliphatic carboxylic acids is 1. The molecule has 0 heterocycles. The van der Waals surface area contributed by atoms with E-state index in [0.717, 1.165) is 21.8 Å². The van der Waals surface area contributed by atoms with Crippen LogP contribution in [-0.2, 0) is 9.59 Å². The van der Waals surface area contributed by atoms with Gasteiger partial charge in [-0.2, -0.15) is 0 Å². The zero-order valence-corrected chi connectivity index (χ0v) is 12.5. The Morgan fingerprint density at radius 3 is 2.40 bits per heavy atom. The van der Waals surface area contributed by atoms with Crippen molar-refractivity contribution in [2.45, 2.75) is 19.4 Å². The van der Waals surface area contributed by atoms with Crippen molar-refractivity contribution in [1.29, 1.82) is 0 Å². The zero-order chi connectivity index (χ0) is 15.1. The Balaban J connectivity index is 2.89. The third-order valence-electron chi connectivity index (χ3n) is 2.47. The van der Waals surface area contributed by atoms with Crippen LogP contribution < -0.4 is 0 Å². The van der Waals surface area contributed by atoms with E-state index in [-0.39, 0.29) is 13.0 Å². The van der Waals surface area contributed by atoms with E-state index >= 15 is 0 Å². The number of nitrogens with zero attached hydrogens (tertiary/aromatic N) is 1. The van der Waals surface area contributed by atoms with Gasteiger partial charge in [0, 0.05) is 37.5 Å². The van der Waals surface area contributed by atoms with E-state index in [0.29, 0.717) is 4.20 Å².